The van der Waals surface area contributed by atoms with Crippen LogP contribution in [0, 0.1) is 0 Å². The van der Waals surface area contributed by atoms with Crippen LogP contribution in [-0.2, 0) is 12.8 Å². The van der Waals surface area contributed by atoms with Crippen molar-refractivity contribution < 1.29 is 0 Å². The summed E-state index contributed by atoms with van der Waals surface area (Å²) in [6.07, 6.45) is 8.05. The van der Waals surface area contributed by atoms with Crippen LogP contribution in [0.25, 0.3) is 0 Å². The van der Waals surface area contributed by atoms with Crippen molar-refractivity contribution in [1.29, 1.82) is 0 Å². The van der Waals surface area contributed by atoms with Gasteiger partial charge in [-0.3, -0.25) is 4.98 Å². The van der Waals surface area contributed by atoms with E-state index in [2.05, 4.69) is 34.7 Å². The SMILES string of the molecule is CCCNC(CCCc1cccs1)Cc1cncs1. The number of nitrogens with one attached hydrogen (secondary N) is 1. The van der Waals surface area contributed by atoms with Crippen molar-refractivity contribution in [3.05, 3.63) is 39.0 Å². The van der Waals surface area contributed by atoms with Crippen molar-refractivity contribution in [3.8, 4) is 0 Å². The van der Waals surface area contributed by atoms with E-state index in [-0.39, 0.29) is 0 Å². The van der Waals surface area contributed by atoms with Gasteiger partial charge in [0.15, 0.2) is 0 Å². The smallest absolute Gasteiger partial charge is 0.0794 e. The van der Waals surface area contributed by atoms with Gasteiger partial charge in [-0.05, 0) is 50.1 Å². The molecule has 2 aromatic heterocycles. The van der Waals surface area contributed by atoms with Gasteiger partial charge in [-0.1, -0.05) is 13.0 Å². The molecule has 0 amide bonds. The molecule has 2 aromatic rings. The van der Waals surface area contributed by atoms with Crippen molar-refractivity contribution in [3.63, 3.8) is 0 Å². The van der Waals surface area contributed by atoms with Gasteiger partial charge in [0.1, 0.15) is 0 Å². The fourth-order valence-corrected chi connectivity index (χ4v) is 3.62. The van der Waals surface area contributed by atoms with E-state index in [9.17, 15) is 0 Å². The zero-order valence-corrected chi connectivity index (χ0v) is 13.1. The average molecular weight is 294 g/mol. The van der Waals surface area contributed by atoms with E-state index < -0.39 is 0 Å². The third kappa shape index (κ3) is 5.43. The molecule has 0 aliphatic heterocycles. The predicted octanol–water partition coefficient (Wildman–Crippen LogP) is 4.14. The molecule has 0 spiro atoms. The lowest BCUT2D eigenvalue weighted by Crippen LogP contribution is -2.31. The number of thiophene rings is 1. The summed E-state index contributed by atoms with van der Waals surface area (Å²) in [7, 11) is 0. The van der Waals surface area contributed by atoms with E-state index in [1.165, 1.54) is 35.4 Å². The molecule has 1 unspecified atom stereocenters. The Morgan fingerprint density at radius 1 is 1.32 bits per heavy atom. The first-order valence-electron chi connectivity index (χ1n) is 7.01. The van der Waals surface area contributed by atoms with Crippen molar-refractivity contribution >= 4 is 22.7 Å². The molecule has 0 saturated carbocycles. The van der Waals surface area contributed by atoms with Crippen LogP contribution in [-0.4, -0.2) is 17.6 Å². The summed E-state index contributed by atoms with van der Waals surface area (Å²) in [6, 6.07) is 4.98. The lowest BCUT2D eigenvalue weighted by molar-refractivity contribution is 0.467. The highest BCUT2D eigenvalue weighted by Crippen LogP contribution is 2.15. The van der Waals surface area contributed by atoms with E-state index in [1.807, 2.05) is 23.0 Å². The van der Waals surface area contributed by atoms with Gasteiger partial charge >= 0.3 is 0 Å². The molecule has 0 aliphatic rings. The maximum Gasteiger partial charge on any atom is 0.0794 e. The maximum absolute atomic E-state index is 4.17. The molecule has 1 atom stereocenters. The second kappa shape index (κ2) is 8.46. The molecular weight excluding hydrogens is 272 g/mol. The van der Waals surface area contributed by atoms with Crippen molar-refractivity contribution in [1.82, 2.24) is 10.3 Å². The summed E-state index contributed by atoms with van der Waals surface area (Å²) in [5, 5.41) is 5.84. The Labute approximate surface area is 123 Å². The van der Waals surface area contributed by atoms with Crippen LogP contribution in [0.1, 0.15) is 35.9 Å². The number of thiazole rings is 1. The van der Waals surface area contributed by atoms with E-state index in [1.54, 1.807) is 11.3 Å². The van der Waals surface area contributed by atoms with Crippen LogP contribution in [0.3, 0.4) is 0 Å². The normalized spacial score (nSPS) is 12.7. The predicted molar refractivity (Wildman–Crippen MR) is 85.2 cm³/mol. The lowest BCUT2D eigenvalue weighted by Gasteiger charge is -2.17. The Hall–Kier alpha value is -0.710. The fraction of sp³-hybridized carbons (Fsp3) is 0.533. The lowest BCUT2D eigenvalue weighted by atomic mass is 10.0. The maximum atomic E-state index is 4.17. The van der Waals surface area contributed by atoms with Gasteiger partial charge in [-0.25, -0.2) is 0 Å². The summed E-state index contributed by atoms with van der Waals surface area (Å²) < 4.78 is 0. The van der Waals surface area contributed by atoms with Crippen molar-refractivity contribution in [2.24, 2.45) is 0 Å². The van der Waals surface area contributed by atoms with Crippen molar-refractivity contribution in [2.45, 2.75) is 45.1 Å². The summed E-state index contributed by atoms with van der Waals surface area (Å²) >= 11 is 3.64. The first kappa shape index (κ1) is 14.7. The zero-order valence-electron chi connectivity index (χ0n) is 11.5. The van der Waals surface area contributed by atoms with Crippen LogP contribution >= 0.6 is 22.7 Å². The van der Waals surface area contributed by atoms with Gasteiger partial charge in [-0.15, -0.1) is 22.7 Å². The highest BCUT2D eigenvalue weighted by molar-refractivity contribution is 7.10. The second-order valence-electron chi connectivity index (χ2n) is 4.79. The second-order valence-corrected chi connectivity index (χ2v) is 6.80. The van der Waals surface area contributed by atoms with Gasteiger partial charge in [-0.2, -0.15) is 0 Å². The van der Waals surface area contributed by atoms with Gasteiger partial charge in [0.05, 0.1) is 5.51 Å². The Bertz CT molecular complexity index is 423. The summed E-state index contributed by atoms with van der Waals surface area (Å²) in [6.45, 7) is 3.34. The summed E-state index contributed by atoms with van der Waals surface area (Å²) in [5.74, 6) is 0. The fourth-order valence-electron chi connectivity index (χ4n) is 2.19. The molecule has 0 radical (unpaired) electrons. The Balaban J connectivity index is 1.76. The third-order valence-electron chi connectivity index (χ3n) is 3.17. The van der Waals surface area contributed by atoms with E-state index in [0.29, 0.717) is 6.04 Å². The first-order chi connectivity index (χ1) is 9.38. The Kier molecular flexibility index (Phi) is 6.54. The largest absolute Gasteiger partial charge is 0.314 e. The number of hydrogen-bond acceptors (Lipinski definition) is 4. The molecule has 2 rings (SSSR count). The average Bonchev–Trinajstić information content (AvgIpc) is 3.08. The molecule has 0 fully saturated rings. The molecule has 0 bridgehead atoms. The quantitative estimate of drug-likeness (QED) is 0.752. The molecule has 104 valence electrons. The Morgan fingerprint density at radius 3 is 2.95 bits per heavy atom. The minimum atomic E-state index is 0.598. The minimum Gasteiger partial charge on any atom is -0.314 e. The molecule has 0 aromatic carbocycles. The number of rotatable bonds is 9. The number of aryl methyl sites for hydroxylation is 1. The van der Waals surface area contributed by atoms with Crippen LogP contribution in [0.15, 0.2) is 29.2 Å². The van der Waals surface area contributed by atoms with Gasteiger partial charge in [0.2, 0.25) is 0 Å². The minimum absolute atomic E-state index is 0.598. The monoisotopic (exact) mass is 294 g/mol. The molecule has 19 heavy (non-hydrogen) atoms. The van der Waals surface area contributed by atoms with Crippen LogP contribution < -0.4 is 5.32 Å². The molecule has 1 N–H and O–H groups in total. The molecule has 0 saturated heterocycles. The molecule has 2 nitrogen and oxygen atoms in total. The molecular formula is C15H22N2S2. The summed E-state index contributed by atoms with van der Waals surface area (Å²) in [4.78, 5) is 7.07. The van der Waals surface area contributed by atoms with Gasteiger partial charge in [0.25, 0.3) is 0 Å². The summed E-state index contributed by atoms with van der Waals surface area (Å²) in [5.41, 5.74) is 1.93. The van der Waals surface area contributed by atoms with Gasteiger partial charge in [0, 0.05) is 22.0 Å². The zero-order chi connectivity index (χ0) is 13.3. The number of nitrogens with zero attached hydrogens (tertiary/aromatic N) is 1. The highest BCUT2D eigenvalue weighted by Gasteiger charge is 2.10. The Morgan fingerprint density at radius 2 is 2.26 bits per heavy atom. The standard InChI is InChI=1S/C15H22N2S2/c1-2-8-17-13(10-15-11-16-12-19-15)5-3-6-14-7-4-9-18-14/h4,7,9,11-13,17H,2-3,5-6,8,10H2,1H3. The van der Waals surface area contributed by atoms with Crippen molar-refractivity contribution in [2.75, 3.05) is 6.54 Å². The van der Waals surface area contributed by atoms with E-state index >= 15 is 0 Å². The van der Waals surface area contributed by atoms with Gasteiger partial charge < -0.3 is 5.32 Å². The number of aromatic nitrogens is 1. The topological polar surface area (TPSA) is 24.9 Å². The third-order valence-corrected chi connectivity index (χ3v) is 4.91. The van der Waals surface area contributed by atoms with E-state index in [0.717, 1.165) is 13.0 Å². The first-order valence-corrected chi connectivity index (χ1v) is 8.77. The van der Waals surface area contributed by atoms with Crippen LogP contribution in [0.2, 0.25) is 0 Å². The van der Waals surface area contributed by atoms with Crippen LogP contribution in [0.4, 0.5) is 0 Å². The highest BCUT2D eigenvalue weighted by atomic mass is 32.1. The van der Waals surface area contributed by atoms with E-state index in [4.69, 9.17) is 0 Å². The molecule has 4 heteroatoms. The molecule has 2 heterocycles. The molecule has 0 aliphatic carbocycles. The number of hydrogen-bond donors (Lipinski definition) is 1. The van der Waals surface area contributed by atoms with Crippen LogP contribution in [0.5, 0.6) is 0 Å².